The zero-order valence-electron chi connectivity index (χ0n) is 10.7. The first kappa shape index (κ1) is 14.0. The molecule has 0 heterocycles. The SMILES string of the molecule is CC(C)CC(=O)NC1CCC(CC(=O)O)CC1. The smallest absolute Gasteiger partial charge is 0.303 e. The number of hydrogen-bond acceptors (Lipinski definition) is 2. The maximum absolute atomic E-state index is 11.6. The van der Waals surface area contributed by atoms with Crippen LogP contribution in [0.25, 0.3) is 0 Å². The van der Waals surface area contributed by atoms with Gasteiger partial charge in [0.15, 0.2) is 0 Å². The second-order valence-corrected chi connectivity index (χ2v) is 5.48. The van der Waals surface area contributed by atoms with Crippen molar-refractivity contribution in [2.45, 2.75) is 58.4 Å². The Hall–Kier alpha value is -1.06. The first-order chi connectivity index (χ1) is 7.97. The van der Waals surface area contributed by atoms with E-state index in [1.54, 1.807) is 0 Å². The zero-order valence-corrected chi connectivity index (χ0v) is 10.7. The summed E-state index contributed by atoms with van der Waals surface area (Å²) >= 11 is 0. The van der Waals surface area contributed by atoms with Gasteiger partial charge in [0.2, 0.25) is 5.91 Å². The number of carboxylic acid groups (broad SMARTS) is 1. The standard InChI is InChI=1S/C13H23NO3/c1-9(2)7-12(15)14-11-5-3-10(4-6-11)8-13(16)17/h9-11H,3-8H2,1-2H3,(H,14,15)(H,16,17). The van der Waals surface area contributed by atoms with Crippen molar-refractivity contribution >= 4 is 11.9 Å². The fourth-order valence-corrected chi connectivity index (χ4v) is 2.42. The number of carbonyl (C=O) groups excluding carboxylic acids is 1. The Balaban J connectivity index is 2.23. The second-order valence-electron chi connectivity index (χ2n) is 5.48. The van der Waals surface area contributed by atoms with Crippen LogP contribution in [0.5, 0.6) is 0 Å². The van der Waals surface area contributed by atoms with Crippen molar-refractivity contribution in [1.29, 1.82) is 0 Å². The van der Waals surface area contributed by atoms with E-state index < -0.39 is 5.97 Å². The third-order valence-corrected chi connectivity index (χ3v) is 3.27. The van der Waals surface area contributed by atoms with Gasteiger partial charge in [-0.15, -0.1) is 0 Å². The van der Waals surface area contributed by atoms with Gasteiger partial charge in [-0.25, -0.2) is 0 Å². The molecule has 4 heteroatoms. The minimum absolute atomic E-state index is 0.127. The van der Waals surface area contributed by atoms with Gasteiger partial charge < -0.3 is 10.4 Å². The van der Waals surface area contributed by atoms with E-state index in [0.717, 1.165) is 25.7 Å². The van der Waals surface area contributed by atoms with Crippen LogP contribution in [0.1, 0.15) is 52.4 Å². The molecule has 0 saturated heterocycles. The van der Waals surface area contributed by atoms with Crippen LogP contribution in [0.3, 0.4) is 0 Å². The minimum atomic E-state index is -0.711. The van der Waals surface area contributed by atoms with E-state index in [0.29, 0.717) is 18.3 Å². The van der Waals surface area contributed by atoms with Crippen LogP contribution in [0, 0.1) is 11.8 Å². The lowest BCUT2D eigenvalue weighted by molar-refractivity contribution is -0.138. The quantitative estimate of drug-likeness (QED) is 0.775. The summed E-state index contributed by atoms with van der Waals surface area (Å²) in [7, 11) is 0. The summed E-state index contributed by atoms with van der Waals surface area (Å²) in [6.45, 7) is 4.06. The number of carboxylic acids is 1. The van der Waals surface area contributed by atoms with E-state index in [4.69, 9.17) is 5.11 Å². The van der Waals surface area contributed by atoms with Gasteiger partial charge in [-0.05, 0) is 37.5 Å². The van der Waals surface area contributed by atoms with Crippen molar-refractivity contribution in [3.05, 3.63) is 0 Å². The zero-order chi connectivity index (χ0) is 12.8. The maximum atomic E-state index is 11.6. The van der Waals surface area contributed by atoms with Crippen LogP contribution in [0.4, 0.5) is 0 Å². The average Bonchev–Trinajstić information content (AvgIpc) is 2.18. The van der Waals surface area contributed by atoms with Crippen LogP contribution in [0.2, 0.25) is 0 Å². The summed E-state index contributed by atoms with van der Waals surface area (Å²) in [6, 6.07) is 0.256. The van der Waals surface area contributed by atoms with Gasteiger partial charge in [0, 0.05) is 18.9 Å². The highest BCUT2D eigenvalue weighted by Crippen LogP contribution is 2.26. The van der Waals surface area contributed by atoms with Crippen LogP contribution >= 0.6 is 0 Å². The predicted molar refractivity (Wildman–Crippen MR) is 65.6 cm³/mol. The Labute approximate surface area is 103 Å². The van der Waals surface area contributed by atoms with Crippen LogP contribution in [0.15, 0.2) is 0 Å². The van der Waals surface area contributed by atoms with Crippen molar-refractivity contribution in [1.82, 2.24) is 5.32 Å². The Morgan fingerprint density at radius 3 is 2.29 bits per heavy atom. The molecule has 98 valence electrons. The highest BCUT2D eigenvalue weighted by atomic mass is 16.4. The van der Waals surface area contributed by atoms with Gasteiger partial charge in [-0.2, -0.15) is 0 Å². The van der Waals surface area contributed by atoms with Crippen LogP contribution < -0.4 is 5.32 Å². The van der Waals surface area contributed by atoms with E-state index in [9.17, 15) is 9.59 Å². The number of amides is 1. The minimum Gasteiger partial charge on any atom is -0.481 e. The van der Waals surface area contributed by atoms with E-state index in [1.165, 1.54) is 0 Å². The molecule has 17 heavy (non-hydrogen) atoms. The summed E-state index contributed by atoms with van der Waals surface area (Å²) in [5.41, 5.74) is 0. The molecular weight excluding hydrogens is 218 g/mol. The van der Waals surface area contributed by atoms with E-state index in [2.05, 4.69) is 5.32 Å². The molecule has 4 nitrogen and oxygen atoms in total. The van der Waals surface area contributed by atoms with Crippen molar-refractivity contribution in [2.75, 3.05) is 0 Å². The lowest BCUT2D eigenvalue weighted by Gasteiger charge is -2.28. The van der Waals surface area contributed by atoms with Gasteiger partial charge in [0.05, 0.1) is 0 Å². The molecule has 1 aliphatic rings. The molecule has 1 amide bonds. The van der Waals surface area contributed by atoms with Crippen molar-refractivity contribution in [2.24, 2.45) is 11.8 Å². The first-order valence-corrected chi connectivity index (χ1v) is 6.48. The average molecular weight is 241 g/mol. The lowest BCUT2D eigenvalue weighted by atomic mass is 9.84. The molecule has 0 radical (unpaired) electrons. The van der Waals surface area contributed by atoms with Gasteiger partial charge in [0.1, 0.15) is 0 Å². The molecular formula is C13H23NO3. The fourth-order valence-electron chi connectivity index (χ4n) is 2.42. The second kappa shape index (κ2) is 6.62. The fraction of sp³-hybridized carbons (Fsp3) is 0.846. The maximum Gasteiger partial charge on any atom is 0.303 e. The molecule has 1 fully saturated rings. The molecule has 0 aromatic heterocycles. The number of aliphatic carboxylic acids is 1. The summed E-state index contributed by atoms with van der Waals surface area (Å²) < 4.78 is 0. The molecule has 2 N–H and O–H groups in total. The monoisotopic (exact) mass is 241 g/mol. The van der Waals surface area contributed by atoms with Crippen LogP contribution in [-0.4, -0.2) is 23.0 Å². The van der Waals surface area contributed by atoms with Crippen molar-refractivity contribution in [3.8, 4) is 0 Å². The third kappa shape index (κ3) is 5.71. The van der Waals surface area contributed by atoms with Gasteiger partial charge >= 0.3 is 5.97 Å². The van der Waals surface area contributed by atoms with E-state index >= 15 is 0 Å². The third-order valence-electron chi connectivity index (χ3n) is 3.27. The Morgan fingerprint density at radius 2 is 1.82 bits per heavy atom. The molecule has 0 aromatic carbocycles. The molecule has 0 aromatic rings. The predicted octanol–water partition coefficient (Wildman–Crippen LogP) is 2.18. The van der Waals surface area contributed by atoms with Gasteiger partial charge in [0.25, 0.3) is 0 Å². The normalized spacial score (nSPS) is 24.6. The topological polar surface area (TPSA) is 66.4 Å². The Kier molecular flexibility index (Phi) is 5.45. The van der Waals surface area contributed by atoms with E-state index in [1.807, 2.05) is 13.8 Å². The Morgan fingerprint density at radius 1 is 1.24 bits per heavy atom. The highest BCUT2D eigenvalue weighted by molar-refractivity contribution is 5.76. The van der Waals surface area contributed by atoms with Crippen molar-refractivity contribution < 1.29 is 14.7 Å². The molecule has 1 aliphatic carbocycles. The molecule has 0 bridgehead atoms. The van der Waals surface area contributed by atoms with Gasteiger partial charge in [-0.1, -0.05) is 13.8 Å². The molecule has 1 saturated carbocycles. The molecule has 0 atom stereocenters. The van der Waals surface area contributed by atoms with Gasteiger partial charge in [-0.3, -0.25) is 9.59 Å². The molecule has 1 rings (SSSR count). The first-order valence-electron chi connectivity index (χ1n) is 6.48. The number of nitrogens with one attached hydrogen (secondary N) is 1. The molecule has 0 spiro atoms. The van der Waals surface area contributed by atoms with E-state index in [-0.39, 0.29) is 18.4 Å². The highest BCUT2D eigenvalue weighted by Gasteiger charge is 2.23. The molecule has 0 unspecified atom stereocenters. The summed E-state index contributed by atoms with van der Waals surface area (Å²) in [6.07, 6.45) is 4.52. The Bertz CT molecular complexity index is 268. The number of rotatable bonds is 5. The molecule has 0 aliphatic heterocycles. The van der Waals surface area contributed by atoms with Crippen molar-refractivity contribution in [3.63, 3.8) is 0 Å². The number of carbonyl (C=O) groups is 2. The van der Waals surface area contributed by atoms with Crippen LogP contribution in [-0.2, 0) is 9.59 Å². The summed E-state index contributed by atoms with van der Waals surface area (Å²) in [4.78, 5) is 22.2. The largest absolute Gasteiger partial charge is 0.481 e. The summed E-state index contributed by atoms with van der Waals surface area (Å²) in [5, 5.41) is 11.7. The number of hydrogen-bond donors (Lipinski definition) is 2. The summed E-state index contributed by atoms with van der Waals surface area (Å²) in [5.74, 6) is 0.100. The lowest BCUT2D eigenvalue weighted by Crippen LogP contribution is -2.38.